The molecular formula is C13H20N2O3. The Morgan fingerprint density at radius 2 is 2.06 bits per heavy atom. The van der Waals surface area contributed by atoms with E-state index in [0.717, 1.165) is 19.3 Å². The molecule has 2 fully saturated rings. The SMILES string of the molecule is CC(C)C(=O)CN1CC(=O)N2CCCCC2C1=O. The van der Waals surface area contributed by atoms with E-state index in [2.05, 4.69) is 0 Å². The summed E-state index contributed by atoms with van der Waals surface area (Å²) in [6, 6.07) is -0.319. The highest BCUT2D eigenvalue weighted by atomic mass is 16.2. The lowest BCUT2D eigenvalue weighted by atomic mass is 9.97. The van der Waals surface area contributed by atoms with Crippen molar-refractivity contribution in [3.8, 4) is 0 Å². The molecule has 1 unspecified atom stereocenters. The number of carbonyl (C=O) groups is 3. The molecule has 2 saturated heterocycles. The molecule has 5 nitrogen and oxygen atoms in total. The lowest BCUT2D eigenvalue weighted by molar-refractivity contribution is -0.158. The van der Waals surface area contributed by atoms with Crippen LogP contribution in [0, 0.1) is 5.92 Å². The normalized spacial score (nSPS) is 24.5. The molecule has 2 aliphatic heterocycles. The molecule has 0 aromatic heterocycles. The van der Waals surface area contributed by atoms with Gasteiger partial charge in [0.15, 0.2) is 5.78 Å². The zero-order chi connectivity index (χ0) is 13.3. The second kappa shape index (κ2) is 5.08. The van der Waals surface area contributed by atoms with Gasteiger partial charge in [-0.2, -0.15) is 0 Å². The van der Waals surface area contributed by atoms with Crippen LogP contribution in [0.25, 0.3) is 0 Å². The third-order valence-electron chi connectivity index (χ3n) is 3.74. The van der Waals surface area contributed by atoms with E-state index in [-0.39, 0.29) is 42.6 Å². The van der Waals surface area contributed by atoms with Gasteiger partial charge in [-0.15, -0.1) is 0 Å². The van der Waals surface area contributed by atoms with Crippen molar-refractivity contribution in [2.45, 2.75) is 39.2 Å². The number of Topliss-reactive ketones (excluding diaryl/α,β-unsaturated/α-hetero) is 1. The molecule has 0 bridgehead atoms. The van der Waals surface area contributed by atoms with Crippen LogP contribution in [0.3, 0.4) is 0 Å². The molecule has 0 saturated carbocycles. The Labute approximate surface area is 107 Å². The van der Waals surface area contributed by atoms with E-state index in [4.69, 9.17) is 0 Å². The van der Waals surface area contributed by atoms with Gasteiger partial charge < -0.3 is 9.80 Å². The molecule has 0 radical (unpaired) electrons. The summed E-state index contributed by atoms with van der Waals surface area (Å²) in [5, 5.41) is 0. The van der Waals surface area contributed by atoms with Gasteiger partial charge in [0, 0.05) is 12.5 Å². The number of rotatable bonds is 3. The van der Waals surface area contributed by atoms with Gasteiger partial charge in [0.2, 0.25) is 11.8 Å². The summed E-state index contributed by atoms with van der Waals surface area (Å²) in [5.74, 6) is -0.156. The maximum atomic E-state index is 12.2. The number of hydrogen-bond donors (Lipinski definition) is 0. The molecule has 0 N–H and O–H groups in total. The van der Waals surface area contributed by atoms with Crippen LogP contribution in [0.2, 0.25) is 0 Å². The first-order chi connectivity index (χ1) is 8.50. The van der Waals surface area contributed by atoms with Gasteiger partial charge in [0.05, 0.1) is 6.54 Å². The third kappa shape index (κ3) is 2.40. The Morgan fingerprint density at radius 3 is 2.72 bits per heavy atom. The van der Waals surface area contributed by atoms with Crippen LogP contribution in [0.1, 0.15) is 33.1 Å². The van der Waals surface area contributed by atoms with E-state index in [1.54, 1.807) is 4.90 Å². The molecule has 18 heavy (non-hydrogen) atoms. The summed E-state index contributed by atoms with van der Waals surface area (Å²) in [6.07, 6.45) is 2.68. The van der Waals surface area contributed by atoms with Gasteiger partial charge in [-0.25, -0.2) is 0 Å². The molecule has 0 aromatic rings. The van der Waals surface area contributed by atoms with Crippen LogP contribution < -0.4 is 0 Å². The highest BCUT2D eigenvalue weighted by Crippen LogP contribution is 2.23. The average molecular weight is 252 g/mol. The van der Waals surface area contributed by atoms with Crippen molar-refractivity contribution in [3.63, 3.8) is 0 Å². The smallest absolute Gasteiger partial charge is 0.246 e. The Balaban J connectivity index is 2.07. The van der Waals surface area contributed by atoms with Crippen molar-refractivity contribution in [2.75, 3.05) is 19.6 Å². The maximum Gasteiger partial charge on any atom is 0.246 e. The fourth-order valence-corrected chi connectivity index (χ4v) is 2.53. The van der Waals surface area contributed by atoms with Crippen LogP contribution in [-0.2, 0) is 14.4 Å². The predicted octanol–water partition coefficient (Wildman–Crippen LogP) is 0.435. The first-order valence-corrected chi connectivity index (χ1v) is 6.61. The Morgan fingerprint density at radius 1 is 1.33 bits per heavy atom. The summed E-state index contributed by atoms with van der Waals surface area (Å²) in [5.41, 5.74) is 0. The van der Waals surface area contributed by atoms with Gasteiger partial charge >= 0.3 is 0 Å². The fourth-order valence-electron chi connectivity index (χ4n) is 2.53. The topological polar surface area (TPSA) is 57.7 Å². The maximum absolute atomic E-state index is 12.2. The quantitative estimate of drug-likeness (QED) is 0.732. The lowest BCUT2D eigenvalue weighted by Crippen LogP contribution is -2.62. The molecule has 0 aromatic carbocycles. The lowest BCUT2D eigenvalue weighted by Gasteiger charge is -2.42. The third-order valence-corrected chi connectivity index (χ3v) is 3.74. The average Bonchev–Trinajstić information content (AvgIpc) is 2.35. The van der Waals surface area contributed by atoms with Crippen molar-refractivity contribution in [1.82, 2.24) is 9.80 Å². The minimum absolute atomic E-state index is 0.0143. The van der Waals surface area contributed by atoms with Gasteiger partial charge in [-0.1, -0.05) is 13.8 Å². The molecule has 0 aliphatic carbocycles. The van der Waals surface area contributed by atoms with E-state index in [1.165, 1.54) is 4.90 Å². The number of nitrogens with zero attached hydrogens (tertiary/aromatic N) is 2. The van der Waals surface area contributed by atoms with Crippen LogP contribution >= 0.6 is 0 Å². The van der Waals surface area contributed by atoms with Crippen LogP contribution in [0.15, 0.2) is 0 Å². The largest absolute Gasteiger partial charge is 0.329 e. The van der Waals surface area contributed by atoms with Gasteiger partial charge in [-0.05, 0) is 19.3 Å². The molecule has 0 spiro atoms. The summed E-state index contributed by atoms with van der Waals surface area (Å²) in [6.45, 7) is 4.44. The number of piperazine rings is 1. The number of carbonyl (C=O) groups excluding carboxylic acids is 3. The van der Waals surface area contributed by atoms with Crippen molar-refractivity contribution in [3.05, 3.63) is 0 Å². The Kier molecular flexibility index (Phi) is 3.68. The predicted molar refractivity (Wildman–Crippen MR) is 65.8 cm³/mol. The number of amides is 2. The van der Waals surface area contributed by atoms with Crippen molar-refractivity contribution in [1.29, 1.82) is 0 Å². The number of piperidine rings is 1. The molecule has 1 atom stereocenters. The molecule has 2 heterocycles. The second-order valence-electron chi connectivity index (χ2n) is 5.41. The van der Waals surface area contributed by atoms with E-state index in [0.29, 0.717) is 6.54 Å². The van der Waals surface area contributed by atoms with E-state index in [1.807, 2.05) is 13.8 Å². The standard InChI is InChI=1S/C13H20N2O3/c1-9(2)11(16)7-14-8-12(17)15-6-4-3-5-10(15)13(14)18/h9-10H,3-8H2,1-2H3. The van der Waals surface area contributed by atoms with Gasteiger partial charge in [0.1, 0.15) is 12.6 Å². The molecule has 2 aliphatic rings. The highest BCUT2D eigenvalue weighted by molar-refractivity contribution is 5.97. The second-order valence-corrected chi connectivity index (χ2v) is 5.41. The number of fused-ring (bicyclic) bond motifs is 1. The molecule has 5 heteroatoms. The molecule has 2 rings (SSSR count). The molecule has 2 amide bonds. The first kappa shape index (κ1) is 13.1. The number of hydrogen-bond acceptors (Lipinski definition) is 3. The highest BCUT2D eigenvalue weighted by Gasteiger charge is 2.40. The zero-order valence-electron chi connectivity index (χ0n) is 11.0. The summed E-state index contributed by atoms with van der Waals surface area (Å²) >= 11 is 0. The Hall–Kier alpha value is -1.39. The van der Waals surface area contributed by atoms with Crippen LogP contribution in [-0.4, -0.2) is 53.1 Å². The van der Waals surface area contributed by atoms with Crippen molar-refractivity contribution >= 4 is 17.6 Å². The monoisotopic (exact) mass is 252 g/mol. The number of ketones is 1. The zero-order valence-corrected chi connectivity index (χ0v) is 11.0. The van der Waals surface area contributed by atoms with E-state index < -0.39 is 0 Å². The van der Waals surface area contributed by atoms with Gasteiger partial charge in [-0.3, -0.25) is 14.4 Å². The van der Waals surface area contributed by atoms with Crippen LogP contribution in [0.4, 0.5) is 0 Å². The molecular weight excluding hydrogens is 232 g/mol. The van der Waals surface area contributed by atoms with E-state index >= 15 is 0 Å². The summed E-state index contributed by atoms with van der Waals surface area (Å²) in [7, 11) is 0. The Bertz CT molecular complexity index is 378. The first-order valence-electron chi connectivity index (χ1n) is 6.61. The minimum Gasteiger partial charge on any atom is -0.329 e. The summed E-state index contributed by atoms with van der Waals surface area (Å²) in [4.78, 5) is 39.0. The van der Waals surface area contributed by atoms with Crippen LogP contribution in [0.5, 0.6) is 0 Å². The van der Waals surface area contributed by atoms with Crippen molar-refractivity contribution < 1.29 is 14.4 Å². The minimum atomic E-state index is -0.319. The summed E-state index contributed by atoms with van der Waals surface area (Å²) < 4.78 is 0. The van der Waals surface area contributed by atoms with Gasteiger partial charge in [0.25, 0.3) is 0 Å². The van der Waals surface area contributed by atoms with Crippen molar-refractivity contribution in [2.24, 2.45) is 5.92 Å². The fraction of sp³-hybridized carbons (Fsp3) is 0.769. The molecule has 100 valence electrons. The van der Waals surface area contributed by atoms with E-state index in [9.17, 15) is 14.4 Å².